The second-order valence-electron chi connectivity index (χ2n) is 11.5. The number of carbonyl (C=O) groups excluding carboxylic acids is 1. The van der Waals surface area contributed by atoms with E-state index in [4.69, 9.17) is 4.74 Å². The molecule has 6 aromatic rings. The second-order valence-corrected chi connectivity index (χ2v) is 12.4. The van der Waals surface area contributed by atoms with E-state index < -0.39 is 18.1 Å². The van der Waals surface area contributed by atoms with Crippen LogP contribution in [0.3, 0.4) is 0 Å². The average Bonchev–Trinajstić information content (AvgIpc) is 3.75. The molecule has 8 nitrogen and oxygen atoms in total. The van der Waals surface area contributed by atoms with Crippen LogP contribution < -0.4 is 10.1 Å². The van der Waals surface area contributed by atoms with Crippen LogP contribution >= 0.6 is 11.3 Å². The number of ether oxygens (including phenoxy) is 1. The lowest BCUT2D eigenvalue weighted by Gasteiger charge is -2.26. The molecule has 7 rings (SSSR count). The van der Waals surface area contributed by atoms with Crippen molar-refractivity contribution in [1.82, 2.24) is 29.8 Å². The fraction of sp³-hybridized carbons (Fsp3) is 0.257. The van der Waals surface area contributed by atoms with E-state index in [1.165, 1.54) is 37.6 Å². The van der Waals surface area contributed by atoms with Gasteiger partial charge < -0.3 is 10.1 Å². The highest BCUT2D eigenvalue weighted by atomic mass is 32.1. The van der Waals surface area contributed by atoms with Crippen LogP contribution in [0.1, 0.15) is 40.5 Å². The molecular weight excluding hydrogens is 625 g/mol. The van der Waals surface area contributed by atoms with E-state index in [0.717, 1.165) is 47.8 Å². The number of likely N-dealkylation sites (tertiary alicyclic amines) is 1. The van der Waals surface area contributed by atoms with Crippen LogP contribution in [0.2, 0.25) is 0 Å². The molecule has 2 aromatic carbocycles. The van der Waals surface area contributed by atoms with E-state index in [-0.39, 0.29) is 10.4 Å². The molecule has 1 amide bonds. The number of pyridine rings is 1. The summed E-state index contributed by atoms with van der Waals surface area (Å²) in [6, 6.07) is 14.9. The van der Waals surface area contributed by atoms with Gasteiger partial charge in [0, 0.05) is 41.6 Å². The maximum atomic E-state index is 14.2. The number of nitrogens with one attached hydrogen (secondary N) is 1. The topological polar surface area (TPSA) is 84.7 Å². The first kappa shape index (κ1) is 30.8. The molecule has 240 valence electrons. The molecule has 0 aliphatic carbocycles. The maximum absolute atomic E-state index is 14.2. The van der Waals surface area contributed by atoms with Crippen molar-refractivity contribution in [3.8, 4) is 28.0 Å². The predicted octanol–water partition coefficient (Wildman–Crippen LogP) is 7.57. The number of fused-ring (bicyclic) bond motifs is 2. The molecule has 0 bridgehead atoms. The van der Waals surface area contributed by atoms with Crippen LogP contribution in [-0.4, -0.2) is 62.8 Å². The average molecular weight is 657 g/mol. The van der Waals surface area contributed by atoms with Gasteiger partial charge in [-0.2, -0.15) is 18.3 Å². The van der Waals surface area contributed by atoms with Crippen molar-refractivity contribution in [1.29, 1.82) is 0 Å². The lowest BCUT2D eigenvalue weighted by Crippen LogP contribution is -2.38. The molecule has 12 heteroatoms. The van der Waals surface area contributed by atoms with Crippen LogP contribution in [0.25, 0.3) is 38.8 Å². The second kappa shape index (κ2) is 13.1. The van der Waals surface area contributed by atoms with Gasteiger partial charge in [0.15, 0.2) is 11.7 Å². The first-order valence-corrected chi connectivity index (χ1v) is 16.3. The normalized spacial score (nSPS) is 14.8. The molecular formula is C35H31F3N6O2S. The van der Waals surface area contributed by atoms with Crippen molar-refractivity contribution in [2.24, 2.45) is 0 Å². The summed E-state index contributed by atoms with van der Waals surface area (Å²) in [5.41, 5.74) is 4.03. The van der Waals surface area contributed by atoms with Gasteiger partial charge in [-0.1, -0.05) is 36.8 Å². The van der Waals surface area contributed by atoms with Crippen molar-refractivity contribution in [2.45, 2.75) is 31.5 Å². The van der Waals surface area contributed by atoms with Crippen LogP contribution in [0, 0.1) is 0 Å². The Labute approximate surface area is 272 Å². The van der Waals surface area contributed by atoms with E-state index >= 15 is 0 Å². The number of benzene rings is 2. The number of rotatable bonds is 9. The summed E-state index contributed by atoms with van der Waals surface area (Å²) < 4.78 is 50.3. The minimum atomic E-state index is -4.72. The zero-order valence-electron chi connectivity index (χ0n) is 25.3. The Bertz CT molecular complexity index is 2010. The van der Waals surface area contributed by atoms with Crippen molar-refractivity contribution in [3.63, 3.8) is 0 Å². The number of piperidine rings is 1. The molecule has 47 heavy (non-hydrogen) atoms. The third kappa shape index (κ3) is 6.70. The molecule has 1 saturated heterocycles. The van der Waals surface area contributed by atoms with Gasteiger partial charge in [-0.3, -0.25) is 14.7 Å². The van der Waals surface area contributed by atoms with Gasteiger partial charge in [-0.25, -0.2) is 9.50 Å². The number of carbonyl (C=O) groups is 1. The highest BCUT2D eigenvalue weighted by Gasteiger charge is 2.43. The molecule has 1 unspecified atom stereocenters. The van der Waals surface area contributed by atoms with Crippen molar-refractivity contribution >= 4 is 33.8 Å². The van der Waals surface area contributed by atoms with Crippen LogP contribution in [0.4, 0.5) is 13.2 Å². The van der Waals surface area contributed by atoms with Crippen LogP contribution in [-0.2, 0) is 0 Å². The third-order valence-electron chi connectivity index (χ3n) is 8.40. The Kier molecular flexibility index (Phi) is 8.61. The maximum Gasteiger partial charge on any atom is 0.412 e. The van der Waals surface area contributed by atoms with Gasteiger partial charge in [-0.05, 0) is 78.3 Å². The molecule has 4 aromatic heterocycles. The number of aromatic nitrogens is 4. The highest BCUT2D eigenvalue weighted by Crippen LogP contribution is 2.37. The number of halogens is 3. The SMILES string of the molecule is O=C(NC(c1cccc2ncccc12)C(F)(F)F)c1cc(-c2cnn3cc(-c4ccc(OCCN5CCCCC5)cc4)cnc23)cs1. The number of amides is 1. The zero-order chi connectivity index (χ0) is 32.4. The van der Waals surface area contributed by atoms with Crippen molar-refractivity contribution in [3.05, 3.63) is 101 Å². The number of alkyl halides is 3. The van der Waals surface area contributed by atoms with Gasteiger partial charge in [0.25, 0.3) is 5.91 Å². The van der Waals surface area contributed by atoms with E-state index in [1.807, 2.05) is 30.5 Å². The minimum Gasteiger partial charge on any atom is -0.492 e. The van der Waals surface area contributed by atoms with Crippen LogP contribution in [0.15, 0.2) is 90.8 Å². The molecule has 1 fully saturated rings. The van der Waals surface area contributed by atoms with E-state index in [1.54, 1.807) is 46.6 Å². The molecule has 0 radical (unpaired) electrons. The smallest absolute Gasteiger partial charge is 0.412 e. The van der Waals surface area contributed by atoms with Crippen molar-refractivity contribution in [2.75, 3.05) is 26.2 Å². The van der Waals surface area contributed by atoms with Gasteiger partial charge in [-0.15, -0.1) is 11.3 Å². The Hall–Kier alpha value is -4.81. The number of hydrogen-bond donors (Lipinski definition) is 1. The van der Waals surface area contributed by atoms with E-state index in [2.05, 4.69) is 25.3 Å². The fourth-order valence-electron chi connectivity index (χ4n) is 5.96. The molecule has 0 saturated carbocycles. The van der Waals surface area contributed by atoms with Gasteiger partial charge in [0.05, 0.1) is 16.6 Å². The summed E-state index contributed by atoms with van der Waals surface area (Å²) in [5.74, 6) is -0.00994. The van der Waals surface area contributed by atoms with Gasteiger partial charge >= 0.3 is 6.18 Å². The summed E-state index contributed by atoms with van der Waals surface area (Å²) in [5, 5.41) is 8.71. The summed E-state index contributed by atoms with van der Waals surface area (Å²) in [6.45, 7) is 3.86. The number of thiophene rings is 1. The summed E-state index contributed by atoms with van der Waals surface area (Å²) in [7, 11) is 0. The first-order chi connectivity index (χ1) is 22.8. The van der Waals surface area contributed by atoms with Gasteiger partial charge in [0.1, 0.15) is 12.4 Å². The van der Waals surface area contributed by atoms with E-state index in [0.29, 0.717) is 34.3 Å². The van der Waals surface area contributed by atoms with Gasteiger partial charge in [0.2, 0.25) is 0 Å². The van der Waals surface area contributed by atoms with Crippen molar-refractivity contribution < 1.29 is 22.7 Å². The monoisotopic (exact) mass is 656 g/mol. The molecule has 1 atom stereocenters. The highest BCUT2D eigenvalue weighted by molar-refractivity contribution is 7.12. The number of nitrogens with zero attached hydrogens (tertiary/aromatic N) is 5. The summed E-state index contributed by atoms with van der Waals surface area (Å²) in [4.78, 5) is 24.5. The fourth-order valence-corrected chi connectivity index (χ4v) is 6.77. The molecule has 1 N–H and O–H groups in total. The third-order valence-corrected chi connectivity index (χ3v) is 9.33. The Morgan fingerprint density at radius 3 is 2.60 bits per heavy atom. The lowest BCUT2D eigenvalue weighted by atomic mass is 10.0. The van der Waals surface area contributed by atoms with E-state index in [9.17, 15) is 18.0 Å². The Balaban J connectivity index is 1.05. The lowest BCUT2D eigenvalue weighted by molar-refractivity contribution is -0.154. The zero-order valence-corrected chi connectivity index (χ0v) is 26.1. The Morgan fingerprint density at radius 1 is 0.957 bits per heavy atom. The minimum absolute atomic E-state index is 0.0640. The first-order valence-electron chi connectivity index (χ1n) is 15.4. The molecule has 1 aliphatic heterocycles. The quantitative estimate of drug-likeness (QED) is 0.173. The Morgan fingerprint density at radius 2 is 1.79 bits per heavy atom. The largest absolute Gasteiger partial charge is 0.492 e. The summed E-state index contributed by atoms with van der Waals surface area (Å²) in [6.07, 6.45) is 5.88. The predicted molar refractivity (Wildman–Crippen MR) is 176 cm³/mol. The standard InChI is InChI=1S/C35H31F3N6O2S/c36-35(37,38)32(28-6-4-8-30-27(28)7-5-13-39-30)42-34(45)31-18-24(22-47-31)29-20-41-44-21-25(19-40-33(29)44)23-9-11-26(12-10-23)46-17-16-43-14-2-1-3-15-43/h4-13,18-22,32H,1-3,14-17H2,(H,42,45). The number of hydrogen-bond acceptors (Lipinski definition) is 7. The molecule has 1 aliphatic rings. The molecule has 5 heterocycles. The summed E-state index contributed by atoms with van der Waals surface area (Å²) >= 11 is 1.06. The van der Waals surface area contributed by atoms with Crippen LogP contribution in [0.5, 0.6) is 5.75 Å². The molecule has 0 spiro atoms.